The SMILES string of the molecule is COc1cccc(CC(O)CO)c1OCc1ccccc1. The van der Waals surface area contributed by atoms with E-state index in [0.29, 0.717) is 24.5 Å². The van der Waals surface area contributed by atoms with Crippen LogP contribution in [-0.4, -0.2) is 30.0 Å². The van der Waals surface area contributed by atoms with Crippen LogP contribution in [0.3, 0.4) is 0 Å². The van der Waals surface area contributed by atoms with E-state index in [-0.39, 0.29) is 6.61 Å². The summed E-state index contributed by atoms with van der Waals surface area (Å²) >= 11 is 0. The van der Waals surface area contributed by atoms with Crippen LogP contribution in [0.2, 0.25) is 0 Å². The van der Waals surface area contributed by atoms with Crippen molar-refractivity contribution in [2.24, 2.45) is 0 Å². The van der Waals surface area contributed by atoms with Crippen molar-refractivity contribution in [1.29, 1.82) is 0 Å². The molecule has 0 spiro atoms. The third-order valence-corrected chi connectivity index (χ3v) is 3.17. The quantitative estimate of drug-likeness (QED) is 0.820. The molecule has 4 heteroatoms. The van der Waals surface area contributed by atoms with Crippen LogP contribution in [0.15, 0.2) is 48.5 Å². The van der Waals surface area contributed by atoms with Crippen LogP contribution in [0, 0.1) is 0 Å². The standard InChI is InChI=1S/C17H20O4/c1-20-16-9-5-8-14(10-15(19)11-18)17(16)21-12-13-6-3-2-4-7-13/h2-9,15,18-19H,10-12H2,1H3. The summed E-state index contributed by atoms with van der Waals surface area (Å²) in [5.41, 5.74) is 1.86. The summed E-state index contributed by atoms with van der Waals surface area (Å²) in [6.07, 6.45) is -0.492. The van der Waals surface area contributed by atoms with Crippen LogP contribution < -0.4 is 9.47 Å². The smallest absolute Gasteiger partial charge is 0.164 e. The van der Waals surface area contributed by atoms with Crippen molar-refractivity contribution in [2.45, 2.75) is 19.1 Å². The number of aliphatic hydroxyl groups is 2. The number of rotatable bonds is 7. The van der Waals surface area contributed by atoms with Gasteiger partial charge in [0.1, 0.15) is 6.61 Å². The van der Waals surface area contributed by atoms with E-state index in [4.69, 9.17) is 14.6 Å². The molecule has 2 aromatic carbocycles. The second kappa shape index (κ2) is 7.67. The summed E-state index contributed by atoms with van der Waals surface area (Å²) in [7, 11) is 1.58. The first-order chi connectivity index (χ1) is 10.2. The van der Waals surface area contributed by atoms with E-state index in [9.17, 15) is 5.11 Å². The Morgan fingerprint density at radius 3 is 2.48 bits per heavy atom. The van der Waals surface area contributed by atoms with Crippen molar-refractivity contribution in [1.82, 2.24) is 0 Å². The molecule has 112 valence electrons. The first-order valence-corrected chi connectivity index (χ1v) is 6.86. The number of hydrogen-bond donors (Lipinski definition) is 2. The Labute approximate surface area is 124 Å². The fraction of sp³-hybridized carbons (Fsp3) is 0.294. The van der Waals surface area contributed by atoms with Crippen LogP contribution >= 0.6 is 0 Å². The normalized spacial score (nSPS) is 12.0. The van der Waals surface area contributed by atoms with E-state index >= 15 is 0 Å². The van der Waals surface area contributed by atoms with Gasteiger partial charge >= 0.3 is 0 Å². The Morgan fingerprint density at radius 2 is 1.81 bits per heavy atom. The molecule has 1 atom stereocenters. The lowest BCUT2D eigenvalue weighted by Gasteiger charge is -2.16. The lowest BCUT2D eigenvalue weighted by atomic mass is 10.1. The summed E-state index contributed by atoms with van der Waals surface area (Å²) in [6, 6.07) is 15.4. The molecule has 0 saturated heterocycles. The number of ether oxygens (including phenoxy) is 2. The summed E-state index contributed by atoms with van der Waals surface area (Å²) in [5.74, 6) is 1.23. The van der Waals surface area contributed by atoms with Gasteiger partial charge in [-0.1, -0.05) is 42.5 Å². The van der Waals surface area contributed by atoms with Gasteiger partial charge in [0.25, 0.3) is 0 Å². The van der Waals surface area contributed by atoms with Crippen LogP contribution in [0.25, 0.3) is 0 Å². The van der Waals surface area contributed by atoms with Gasteiger partial charge in [-0.2, -0.15) is 0 Å². The molecular formula is C17H20O4. The third kappa shape index (κ3) is 4.21. The first kappa shape index (κ1) is 15.4. The van der Waals surface area contributed by atoms with E-state index < -0.39 is 6.10 Å². The minimum absolute atomic E-state index is 0.282. The minimum atomic E-state index is -0.809. The zero-order chi connectivity index (χ0) is 15.1. The van der Waals surface area contributed by atoms with E-state index in [0.717, 1.165) is 11.1 Å². The maximum absolute atomic E-state index is 9.64. The lowest BCUT2D eigenvalue weighted by Crippen LogP contribution is -2.16. The molecule has 0 amide bonds. The van der Waals surface area contributed by atoms with Gasteiger partial charge in [0.05, 0.1) is 19.8 Å². The molecule has 0 heterocycles. The predicted octanol–water partition coefficient (Wildman–Crippen LogP) is 2.17. The average Bonchev–Trinajstić information content (AvgIpc) is 2.54. The summed E-state index contributed by atoms with van der Waals surface area (Å²) < 4.78 is 11.2. The van der Waals surface area contributed by atoms with E-state index in [1.165, 1.54) is 0 Å². The van der Waals surface area contributed by atoms with Crippen molar-refractivity contribution in [2.75, 3.05) is 13.7 Å². The van der Waals surface area contributed by atoms with Crippen LogP contribution in [0.4, 0.5) is 0 Å². The van der Waals surface area contributed by atoms with E-state index in [1.807, 2.05) is 48.5 Å². The second-order valence-electron chi connectivity index (χ2n) is 4.76. The Hall–Kier alpha value is -2.04. The van der Waals surface area contributed by atoms with Gasteiger partial charge in [-0.15, -0.1) is 0 Å². The first-order valence-electron chi connectivity index (χ1n) is 6.86. The number of aliphatic hydroxyl groups excluding tert-OH is 2. The molecule has 4 nitrogen and oxygen atoms in total. The molecule has 2 N–H and O–H groups in total. The van der Waals surface area contributed by atoms with Crippen molar-refractivity contribution >= 4 is 0 Å². The Bertz CT molecular complexity index is 554. The van der Waals surface area contributed by atoms with Gasteiger partial charge in [-0.25, -0.2) is 0 Å². The van der Waals surface area contributed by atoms with Gasteiger partial charge in [0, 0.05) is 12.0 Å². The molecule has 2 aromatic rings. The van der Waals surface area contributed by atoms with E-state index in [2.05, 4.69) is 0 Å². The molecule has 21 heavy (non-hydrogen) atoms. The molecule has 2 rings (SSSR count). The Morgan fingerprint density at radius 1 is 1.05 bits per heavy atom. The molecule has 0 fully saturated rings. The van der Waals surface area contributed by atoms with Crippen LogP contribution in [0.1, 0.15) is 11.1 Å². The van der Waals surface area contributed by atoms with Crippen molar-refractivity contribution in [3.05, 3.63) is 59.7 Å². The fourth-order valence-electron chi connectivity index (χ4n) is 2.09. The maximum atomic E-state index is 9.64. The highest BCUT2D eigenvalue weighted by molar-refractivity contribution is 5.47. The van der Waals surface area contributed by atoms with Crippen LogP contribution in [-0.2, 0) is 13.0 Å². The third-order valence-electron chi connectivity index (χ3n) is 3.17. The molecule has 0 aromatic heterocycles. The van der Waals surface area contributed by atoms with Crippen LogP contribution in [0.5, 0.6) is 11.5 Å². The monoisotopic (exact) mass is 288 g/mol. The molecule has 1 unspecified atom stereocenters. The lowest BCUT2D eigenvalue weighted by molar-refractivity contribution is 0.0946. The summed E-state index contributed by atoms with van der Waals surface area (Å²) in [6.45, 7) is 0.138. The highest BCUT2D eigenvalue weighted by Gasteiger charge is 2.14. The molecule has 0 radical (unpaired) electrons. The minimum Gasteiger partial charge on any atom is -0.493 e. The molecule has 0 aliphatic rings. The molecule has 0 bridgehead atoms. The number of benzene rings is 2. The maximum Gasteiger partial charge on any atom is 0.164 e. The fourth-order valence-corrected chi connectivity index (χ4v) is 2.09. The van der Waals surface area contributed by atoms with Crippen molar-refractivity contribution in [3.8, 4) is 11.5 Å². The Kier molecular flexibility index (Phi) is 5.60. The summed E-state index contributed by atoms with van der Waals surface area (Å²) in [4.78, 5) is 0. The zero-order valence-electron chi connectivity index (χ0n) is 12.0. The van der Waals surface area contributed by atoms with Gasteiger partial charge in [0.2, 0.25) is 0 Å². The van der Waals surface area contributed by atoms with Gasteiger partial charge < -0.3 is 19.7 Å². The number of para-hydroxylation sites is 1. The van der Waals surface area contributed by atoms with Crippen molar-refractivity contribution in [3.63, 3.8) is 0 Å². The molecule has 0 aliphatic carbocycles. The summed E-state index contributed by atoms with van der Waals surface area (Å²) in [5, 5.41) is 18.6. The molecule has 0 saturated carbocycles. The van der Waals surface area contributed by atoms with E-state index in [1.54, 1.807) is 7.11 Å². The molecular weight excluding hydrogens is 268 g/mol. The average molecular weight is 288 g/mol. The number of hydrogen-bond acceptors (Lipinski definition) is 4. The van der Waals surface area contributed by atoms with Crippen molar-refractivity contribution < 1.29 is 19.7 Å². The highest BCUT2D eigenvalue weighted by atomic mass is 16.5. The highest BCUT2D eigenvalue weighted by Crippen LogP contribution is 2.32. The number of methoxy groups -OCH3 is 1. The Balaban J connectivity index is 2.18. The van der Waals surface area contributed by atoms with Gasteiger partial charge in [-0.05, 0) is 11.6 Å². The largest absolute Gasteiger partial charge is 0.493 e. The predicted molar refractivity (Wildman–Crippen MR) is 80.6 cm³/mol. The topological polar surface area (TPSA) is 58.9 Å². The van der Waals surface area contributed by atoms with Gasteiger partial charge in [-0.3, -0.25) is 0 Å². The second-order valence-corrected chi connectivity index (χ2v) is 4.76. The molecule has 0 aliphatic heterocycles. The van der Waals surface area contributed by atoms with Gasteiger partial charge in [0.15, 0.2) is 11.5 Å². The zero-order valence-corrected chi connectivity index (χ0v) is 12.0.